The number of likely N-dealkylation sites (tertiary alicyclic amines) is 1. The van der Waals surface area contributed by atoms with Gasteiger partial charge in [-0.05, 0) is 37.7 Å². The number of nitrogens with zero attached hydrogens (tertiary/aromatic N) is 2. The lowest BCUT2D eigenvalue weighted by Gasteiger charge is -2.39. The highest BCUT2D eigenvalue weighted by atomic mass is 16.6. The van der Waals surface area contributed by atoms with Crippen molar-refractivity contribution < 1.29 is 33.8 Å². The molecule has 0 aromatic heterocycles. The number of carbonyl (C=O) groups excluding carboxylic acids is 4. The van der Waals surface area contributed by atoms with E-state index in [4.69, 9.17) is 9.47 Å². The van der Waals surface area contributed by atoms with Gasteiger partial charge in [-0.2, -0.15) is 0 Å². The van der Waals surface area contributed by atoms with Crippen molar-refractivity contribution in [2.24, 2.45) is 11.8 Å². The number of rotatable bonds is 6. The number of esters is 1. The molecule has 10 nitrogen and oxygen atoms in total. The molecule has 0 bridgehead atoms. The Hall–Kier alpha value is -3.50. The van der Waals surface area contributed by atoms with Crippen LogP contribution in [-0.2, 0) is 28.7 Å². The molecule has 44 heavy (non-hydrogen) atoms. The van der Waals surface area contributed by atoms with Crippen LogP contribution >= 0.6 is 0 Å². The van der Waals surface area contributed by atoms with E-state index in [0.717, 1.165) is 37.7 Å². The molecule has 1 aromatic rings. The average molecular weight is 606 g/mol. The maximum absolute atomic E-state index is 14.5. The summed E-state index contributed by atoms with van der Waals surface area (Å²) >= 11 is 0. The molecule has 1 aliphatic carbocycles. The van der Waals surface area contributed by atoms with E-state index in [1.807, 2.05) is 53.5 Å². The van der Waals surface area contributed by atoms with Crippen LogP contribution in [0, 0.1) is 11.8 Å². The normalized spacial score (nSPS) is 33.8. The molecule has 3 fully saturated rings. The number of amides is 3. The van der Waals surface area contributed by atoms with E-state index in [1.165, 1.54) is 0 Å². The molecule has 0 unspecified atom stereocenters. The highest BCUT2D eigenvalue weighted by molar-refractivity contribution is 5.99. The zero-order valence-electron chi connectivity index (χ0n) is 25.1. The van der Waals surface area contributed by atoms with Crippen molar-refractivity contribution in [1.82, 2.24) is 15.1 Å². The van der Waals surface area contributed by atoms with Gasteiger partial charge in [0, 0.05) is 32.2 Å². The number of allylic oxidation sites excluding steroid dienone is 1. The third-order valence-corrected chi connectivity index (χ3v) is 9.90. The smallest absolute Gasteiger partial charge is 0.313 e. The number of aliphatic hydroxyl groups excluding tert-OH is 1. The number of hydrogen-bond donors (Lipinski definition) is 2. The van der Waals surface area contributed by atoms with Crippen LogP contribution in [0.5, 0.6) is 0 Å². The first-order valence-corrected chi connectivity index (χ1v) is 16.2. The van der Waals surface area contributed by atoms with E-state index in [9.17, 15) is 24.3 Å². The second-order valence-electron chi connectivity index (χ2n) is 12.6. The van der Waals surface area contributed by atoms with Crippen LogP contribution in [0.25, 0.3) is 0 Å². The molecular formula is C34H43N3O7. The van der Waals surface area contributed by atoms with Gasteiger partial charge in [0.1, 0.15) is 23.7 Å². The SMILES string of the molecule is O=C1CC/C=C\[C@H]2O[C@]34C=CCN(C5CCCCC5)C(=O)[C@H]3N(CCCCO)C(=O)[C@@H]4[C@H]2C(=O)O[C@H](c2ccccc2)CN1. The van der Waals surface area contributed by atoms with Crippen LogP contribution in [0.3, 0.4) is 0 Å². The molecule has 1 saturated carbocycles. The fourth-order valence-corrected chi connectivity index (χ4v) is 7.78. The zero-order valence-corrected chi connectivity index (χ0v) is 25.1. The van der Waals surface area contributed by atoms with Crippen LogP contribution in [0.15, 0.2) is 54.6 Å². The Morgan fingerprint density at radius 2 is 1.77 bits per heavy atom. The molecule has 0 radical (unpaired) electrons. The van der Waals surface area contributed by atoms with Crippen molar-refractivity contribution in [3.8, 4) is 0 Å². The number of unbranched alkanes of at least 4 members (excludes halogenated alkanes) is 1. The van der Waals surface area contributed by atoms with Crippen molar-refractivity contribution in [1.29, 1.82) is 0 Å². The van der Waals surface area contributed by atoms with Crippen LogP contribution in [0.1, 0.15) is 69.5 Å². The summed E-state index contributed by atoms with van der Waals surface area (Å²) in [7, 11) is 0. The Morgan fingerprint density at radius 3 is 2.55 bits per heavy atom. The van der Waals surface area contributed by atoms with E-state index in [2.05, 4.69) is 5.32 Å². The van der Waals surface area contributed by atoms with Crippen LogP contribution in [-0.4, -0.2) is 88.6 Å². The summed E-state index contributed by atoms with van der Waals surface area (Å²) in [5, 5.41) is 12.3. The first-order valence-electron chi connectivity index (χ1n) is 16.2. The summed E-state index contributed by atoms with van der Waals surface area (Å²) in [4.78, 5) is 59.2. The fraction of sp³-hybridized carbons (Fsp3) is 0.588. The summed E-state index contributed by atoms with van der Waals surface area (Å²) in [6.07, 6.45) is 12.6. The highest BCUT2D eigenvalue weighted by Crippen LogP contribution is 2.53. The molecule has 4 aliphatic heterocycles. The first-order chi connectivity index (χ1) is 21.4. The number of cyclic esters (lactones) is 1. The van der Waals surface area contributed by atoms with Gasteiger partial charge in [0.2, 0.25) is 17.7 Å². The maximum Gasteiger partial charge on any atom is 0.313 e. The van der Waals surface area contributed by atoms with Crippen molar-refractivity contribution in [2.45, 2.75) is 87.7 Å². The predicted octanol–water partition coefficient (Wildman–Crippen LogP) is 2.82. The van der Waals surface area contributed by atoms with Crippen LogP contribution in [0.4, 0.5) is 0 Å². The topological polar surface area (TPSA) is 125 Å². The summed E-state index contributed by atoms with van der Waals surface area (Å²) in [6.45, 7) is 0.796. The largest absolute Gasteiger partial charge is 0.455 e. The van der Waals surface area contributed by atoms with E-state index < -0.39 is 41.7 Å². The average Bonchev–Trinajstić information content (AvgIpc) is 3.42. The molecule has 4 heterocycles. The van der Waals surface area contributed by atoms with Gasteiger partial charge in [-0.1, -0.05) is 73.9 Å². The van der Waals surface area contributed by atoms with Gasteiger partial charge in [0.25, 0.3) is 0 Å². The van der Waals surface area contributed by atoms with Crippen LogP contribution in [0.2, 0.25) is 0 Å². The molecule has 236 valence electrons. The zero-order chi connectivity index (χ0) is 30.7. The minimum absolute atomic E-state index is 0.0148. The number of carbonyl (C=O) groups is 4. The molecule has 3 amide bonds. The Kier molecular flexibility index (Phi) is 9.18. The summed E-state index contributed by atoms with van der Waals surface area (Å²) in [5.41, 5.74) is -0.612. The van der Waals surface area contributed by atoms with Crippen LogP contribution < -0.4 is 5.32 Å². The maximum atomic E-state index is 14.5. The molecule has 2 N–H and O–H groups in total. The molecule has 5 aliphatic rings. The number of aliphatic hydroxyl groups is 1. The summed E-state index contributed by atoms with van der Waals surface area (Å²) in [6, 6.07) is 8.41. The lowest BCUT2D eigenvalue weighted by Crippen LogP contribution is -2.57. The number of nitrogens with one attached hydrogen (secondary N) is 1. The fourth-order valence-electron chi connectivity index (χ4n) is 7.78. The van der Waals surface area contributed by atoms with Gasteiger partial charge in [0.15, 0.2) is 0 Å². The molecule has 1 aromatic carbocycles. The van der Waals surface area contributed by atoms with Crippen molar-refractivity contribution in [3.63, 3.8) is 0 Å². The third-order valence-electron chi connectivity index (χ3n) is 9.90. The lowest BCUT2D eigenvalue weighted by molar-refractivity contribution is -0.160. The van der Waals surface area contributed by atoms with Gasteiger partial charge in [0.05, 0.1) is 18.6 Å². The van der Waals surface area contributed by atoms with E-state index >= 15 is 0 Å². The van der Waals surface area contributed by atoms with Crippen molar-refractivity contribution in [3.05, 3.63) is 60.2 Å². The Labute approximate surface area is 258 Å². The van der Waals surface area contributed by atoms with Gasteiger partial charge < -0.3 is 29.7 Å². The standard InChI is InChI=1S/C34H43N3O7/c38-21-10-9-19-37-30-32(41)36(24-14-5-2-6-15-24)20-11-18-34(30)29(31(37)40)28-25(44-34)16-7-8-17-27(39)35-22-26(43-33(28)42)23-12-3-1-4-13-23/h1,3-4,7,11-13,16,18,24-26,28-30,38H,2,5-6,8-10,14-15,17,19-22H2,(H,35,39)/b16-7-/t25-,26+,28+,29+,30-,34+/m1/s1. The first kappa shape index (κ1) is 30.5. The number of hydrogen-bond acceptors (Lipinski definition) is 7. The molecule has 10 heteroatoms. The van der Waals surface area contributed by atoms with Crippen molar-refractivity contribution >= 4 is 23.7 Å². The Balaban J connectivity index is 1.39. The third kappa shape index (κ3) is 5.70. The monoisotopic (exact) mass is 605 g/mol. The minimum Gasteiger partial charge on any atom is -0.455 e. The molecule has 6 atom stereocenters. The second-order valence-corrected chi connectivity index (χ2v) is 12.6. The predicted molar refractivity (Wildman–Crippen MR) is 161 cm³/mol. The van der Waals surface area contributed by atoms with Gasteiger partial charge in [-0.3, -0.25) is 19.2 Å². The van der Waals surface area contributed by atoms with E-state index in [0.29, 0.717) is 25.8 Å². The van der Waals surface area contributed by atoms with Gasteiger partial charge in [-0.25, -0.2) is 0 Å². The lowest BCUT2D eigenvalue weighted by atomic mass is 9.77. The number of fused-ring (bicyclic) bond motifs is 2. The molecule has 6 rings (SSSR count). The minimum atomic E-state index is -1.34. The number of benzene rings is 1. The Morgan fingerprint density at radius 1 is 0.977 bits per heavy atom. The van der Waals surface area contributed by atoms with Gasteiger partial charge >= 0.3 is 5.97 Å². The quantitative estimate of drug-likeness (QED) is 0.290. The summed E-state index contributed by atoms with van der Waals surface area (Å²) in [5.74, 6) is -3.13. The van der Waals surface area contributed by atoms with E-state index in [-0.39, 0.29) is 49.9 Å². The van der Waals surface area contributed by atoms with E-state index in [1.54, 1.807) is 11.0 Å². The number of ether oxygens (including phenoxy) is 2. The van der Waals surface area contributed by atoms with Gasteiger partial charge in [-0.15, -0.1) is 0 Å². The molecule has 2 saturated heterocycles. The molecular weight excluding hydrogens is 562 g/mol. The summed E-state index contributed by atoms with van der Waals surface area (Å²) < 4.78 is 12.9. The second kappa shape index (κ2) is 13.2. The molecule has 1 spiro atoms. The Bertz CT molecular complexity index is 1290. The highest BCUT2D eigenvalue weighted by Gasteiger charge is 2.71. The van der Waals surface area contributed by atoms with Crippen molar-refractivity contribution in [2.75, 3.05) is 26.2 Å².